The highest BCUT2D eigenvalue weighted by molar-refractivity contribution is 9.10. The van der Waals surface area contributed by atoms with Crippen LogP contribution in [0.1, 0.15) is 29.4 Å². The summed E-state index contributed by atoms with van der Waals surface area (Å²) >= 11 is 3.52. The summed E-state index contributed by atoms with van der Waals surface area (Å²) in [5.41, 5.74) is 4.35. The zero-order valence-corrected chi connectivity index (χ0v) is 17.6. The molecule has 7 heteroatoms. The molecule has 0 saturated heterocycles. The first-order valence-electron chi connectivity index (χ1n) is 8.93. The van der Waals surface area contributed by atoms with Crippen molar-refractivity contribution in [1.29, 1.82) is 0 Å². The molecule has 3 aromatic rings. The van der Waals surface area contributed by atoms with Gasteiger partial charge in [-0.25, -0.2) is 0 Å². The number of benzene rings is 1. The first kappa shape index (κ1) is 19.4. The smallest absolute Gasteiger partial charge is 0.230 e. The third-order valence-corrected chi connectivity index (χ3v) is 5.65. The number of amides is 1. The highest BCUT2D eigenvalue weighted by Gasteiger charge is 2.18. The largest absolute Gasteiger partial charge is 0.309 e. The van der Waals surface area contributed by atoms with Crippen LogP contribution in [0.5, 0.6) is 0 Å². The topological polar surface area (TPSA) is 64.7 Å². The van der Waals surface area contributed by atoms with Gasteiger partial charge in [0.15, 0.2) is 5.82 Å². The van der Waals surface area contributed by atoms with Crippen molar-refractivity contribution in [3.63, 3.8) is 0 Å². The van der Waals surface area contributed by atoms with Gasteiger partial charge in [-0.2, -0.15) is 10.2 Å². The number of aromatic nitrogens is 4. The summed E-state index contributed by atoms with van der Waals surface area (Å²) < 4.78 is 4.68. The lowest BCUT2D eigenvalue weighted by molar-refractivity contribution is -0.119. The summed E-state index contributed by atoms with van der Waals surface area (Å²) in [6.07, 6.45) is 1.88. The first-order valence-corrected chi connectivity index (χ1v) is 9.72. The first-order chi connectivity index (χ1) is 12.8. The van der Waals surface area contributed by atoms with Gasteiger partial charge in [0.1, 0.15) is 0 Å². The molecular formula is C20H24BrN5O. The molecule has 1 amide bonds. The van der Waals surface area contributed by atoms with Crippen molar-refractivity contribution >= 4 is 27.7 Å². The van der Waals surface area contributed by atoms with Crippen molar-refractivity contribution in [2.45, 2.75) is 40.8 Å². The average molecular weight is 430 g/mol. The molecule has 0 aliphatic carbocycles. The molecule has 6 nitrogen and oxygen atoms in total. The van der Waals surface area contributed by atoms with Crippen LogP contribution in [0.15, 0.2) is 41.0 Å². The molecule has 0 aliphatic rings. The van der Waals surface area contributed by atoms with Gasteiger partial charge in [0.2, 0.25) is 5.91 Å². The van der Waals surface area contributed by atoms with Gasteiger partial charge in [0, 0.05) is 18.0 Å². The Morgan fingerprint density at radius 3 is 2.67 bits per heavy atom. The van der Waals surface area contributed by atoms with Crippen molar-refractivity contribution in [2.75, 3.05) is 5.32 Å². The molecule has 0 saturated carbocycles. The van der Waals surface area contributed by atoms with Gasteiger partial charge in [-0.15, -0.1) is 0 Å². The van der Waals surface area contributed by atoms with E-state index in [1.807, 2.05) is 48.5 Å². The Morgan fingerprint density at radius 1 is 1.22 bits per heavy atom. The molecule has 1 aromatic carbocycles. The Balaban J connectivity index is 1.60. The molecule has 27 heavy (non-hydrogen) atoms. The molecule has 1 N–H and O–H groups in total. The third kappa shape index (κ3) is 4.66. The summed E-state index contributed by atoms with van der Waals surface area (Å²) in [6, 6.07) is 10.1. The van der Waals surface area contributed by atoms with Gasteiger partial charge >= 0.3 is 0 Å². The van der Waals surface area contributed by atoms with Crippen molar-refractivity contribution < 1.29 is 4.79 Å². The minimum atomic E-state index is -0.225. The number of carbonyl (C=O) groups is 1. The van der Waals surface area contributed by atoms with Crippen LogP contribution < -0.4 is 5.32 Å². The molecule has 2 aromatic heterocycles. The van der Waals surface area contributed by atoms with Gasteiger partial charge in [0.05, 0.1) is 29.2 Å². The summed E-state index contributed by atoms with van der Waals surface area (Å²) in [4.78, 5) is 12.5. The molecule has 1 unspecified atom stereocenters. The maximum absolute atomic E-state index is 12.5. The van der Waals surface area contributed by atoms with E-state index in [2.05, 4.69) is 56.6 Å². The van der Waals surface area contributed by atoms with E-state index in [1.165, 1.54) is 11.1 Å². The standard InChI is InChI=1S/C20H24BrN5O/c1-13-6-5-7-17(10-13)12-25-9-8-18(24-25)22-20(27)14(2)11-26-16(4)19(21)15(3)23-26/h5-10,14H,11-12H2,1-4H3,(H,22,24,27). The predicted octanol–water partition coefficient (Wildman–Crippen LogP) is 4.09. The number of hydrogen-bond donors (Lipinski definition) is 1. The molecule has 1 atom stereocenters. The lowest BCUT2D eigenvalue weighted by Crippen LogP contribution is -2.25. The number of carbonyl (C=O) groups excluding carboxylic acids is 1. The third-order valence-electron chi connectivity index (χ3n) is 4.51. The number of nitrogens with one attached hydrogen (secondary N) is 1. The quantitative estimate of drug-likeness (QED) is 0.641. The van der Waals surface area contributed by atoms with Gasteiger partial charge in [-0.05, 0) is 42.3 Å². The second-order valence-electron chi connectivity index (χ2n) is 6.94. The van der Waals surface area contributed by atoms with E-state index in [9.17, 15) is 4.79 Å². The lowest BCUT2D eigenvalue weighted by Gasteiger charge is -2.12. The summed E-state index contributed by atoms with van der Waals surface area (Å²) in [5, 5.41) is 11.8. The number of hydrogen-bond acceptors (Lipinski definition) is 3. The normalized spacial score (nSPS) is 12.2. The van der Waals surface area contributed by atoms with Gasteiger partial charge in [-0.3, -0.25) is 14.2 Å². The maximum Gasteiger partial charge on any atom is 0.230 e. The Bertz CT molecular complexity index is 959. The minimum absolute atomic E-state index is 0.0699. The van der Waals surface area contributed by atoms with Crippen LogP contribution in [0.3, 0.4) is 0 Å². The Hall–Kier alpha value is -2.41. The van der Waals surface area contributed by atoms with Crippen molar-refractivity contribution in [3.8, 4) is 0 Å². The molecule has 0 fully saturated rings. The fraction of sp³-hybridized carbons (Fsp3) is 0.350. The van der Waals surface area contributed by atoms with E-state index in [1.54, 1.807) is 0 Å². The minimum Gasteiger partial charge on any atom is -0.309 e. The van der Waals surface area contributed by atoms with Crippen LogP contribution in [0.4, 0.5) is 5.82 Å². The molecular weight excluding hydrogens is 406 g/mol. The fourth-order valence-corrected chi connectivity index (χ4v) is 3.24. The molecule has 142 valence electrons. The van der Waals surface area contributed by atoms with Crippen LogP contribution in [-0.2, 0) is 17.9 Å². The highest BCUT2D eigenvalue weighted by atomic mass is 79.9. The van der Waals surface area contributed by atoms with Crippen molar-refractivity contribution in [2.24, 2.45) is 5.92 Å². The fourth-order valence-electron chi connectivity index (χ4n) is 2.96. The zero-order valence-electron chi connectivity index (χ0n) is 16.0. The van der Waals surface area contributed by atoms with E-state index in [4.69, 9.17) is 0 Å². The Labute approximate surface area is 167 Å². The van der Waals surface area contributed by atoms with Crippen molar-refractivity contribution in [3.05, 3.63) is 63.5 Å². The molecule has 2 heterocycles. The molecule has 3 rings (SSSR count). The van der Waals surface area contributed by atoms with E-state index < -0.39 is 0 Å². The summed E-state index contributed by atoms with van der Waals surface area (Å²) in [7, 11) is 0. The van der Waals surface area contributed by atoms with Crippen molar-refractivity contribution in [1.82, 2.24) is 19.6 Å². The van der Waals surface area contributed by atoms with Crippen LogP contribution in [0, 0.1) is 26.7 Å². The van der Waals surface area contributed by atoms with Crippen LogP contribution in [0.2, 0.25) is 0 Å². The van der Waals surface area contributed by atoms with Crippen LogP contribution in [-0.4, -0.2) is 25.5 Å². The zero-order chi connectivity index (χ0) is 19.6. The summed E-state index contributed by atoms with van der Waals surface area (Å²) in [5.74, 6) is 0.269. The Morgan fingerprint density at radius 2 is 2.00 bits per heavy atom. The number of rotatable bonds is 6. The van der Waals surface area contributed by atoms with Crippen LogP contribution >= 0.6 is 15.9 Å². The predicted molar refractivity (Wildman–Crippen MR) is 110 cm³/mol. The maximum atomic E-state index is 12.5. The lowest BCUT2D eigenvalue weighted by atomic mass is 10.1. The van der Waals surface area contributed by atoms with Gasteiger partial charge < -0.3 is 5.32 Å². The molecule has 0 radical (unpaired) electrons. The van der Waals surface area contributed by atoms with E-state index in [-0.39, 0.29) is 11.8 Å². The molecule has 0 aliphatic heterocycles. The van der Waals surface area contributed by atoms with Gasteiger partial charge in [-0.1, -0.05) is 36.8 Å². The number of nitrogens with zero attached hydrogens (tertiary/aromatic N) is 4. The number of anilines is 1. The number of halogens is 1. The SMILES string of the molecule is Cc1cccc(Cn2ccc(NC(=O)C(C)Cn3nc(C)c(Br)c3C)n2)c1. The monoisotopic (exact) mass is 429 g/mol. The average Bonchev–Trinajstić information content (AvgIpc) is 3.15. The summed E-state index contributed by atoms with van der Waals surface area (Å²) in [6.45, 7) is 9.09. The van der Waals surface area contributed by atoms with Crippen LogP contribution in [0.25, 0.3) is 0 Å². The molecule has 0 bridgehead atoms. The molecule has 0 spiro atoms. The second kappa shape index (κ2) is 8.08. The second-order valence-corrected chi connectivity index (χ2v) is 7.74. The number of aryl methyl sites for hydroxylation is 2. The van der Waals surface area contributed by atoms with E-state index in [0.29, 0.717) is 18.9 Å². The van der Waals surface area contributed by atoms with Gasteiger partial charge in [0.25, 0.3) is 0 Å². The van der Waals surface area contributed by atoms with E-state index >= 15 is 0 Å². The van der Waals surface area contributed by atoms with E-state index in [0.717, 1.165) is 15.9 Å². The Kier molecular flexibility index (Phi) is 5.79. The highest BCUT2D eigenvalue weighted by Crippen LogP contribution is 2.21.